The van der Waals surface area contributed by atoms with Crippen LogP contribution < -0.4 is 5.32 Å². The molecular formula is C12H22N2OS. The molecule has 4 heteroatoms. The number of thioether (sulfide) groups is 1. The van der Waals surface area contributed by atoms with Gasteiger partial charge in [0, 0.05) is 11.8 Å². The first-order valence-corrected chi connectivity index (χ1v) is 6.88. The van der Waals surface area contributed by atoms with E-state index in [0.29, 0.717) is 6.04 Å². The Hall–Kier alpha value is -0.480. The first-order chi connectivity index (χ1) is 7.59. The number of rotatable bonds is 7. The monoisotopic (exact) mass is 242 g/mol. The fraction of sp³-hybridized carbons (Fsp3) is 0.750. The van der Waals surface area contributed by atoms with Crippen LogP contribution in [0.25, 0.3) is 0 Å². The third-order valence-electron chi connectivity index (χ3n) is 2.36. The molecule has 0 unspecified atom stereocenters. The average molecular weight is 242 g/mol. The molecule has 0 saturated heterocycles. The molecule has 0 radical (unpaired) electrons. The molecule has 0 spiro atoms. The van der Waals surface area contributed by atoms with E-state index in [2.05, 4.69) is 24.1 Å². The van der Waals surface area contributed by atoms with Gasteiger partial charge in [0.05, 0.1) is 5.69 Å². The molecule has 0 amide bonds. The maximum atomic E-state index is 5.50. The summed E-state index contributed by atoms with van der Waals surface area (Å²) in [6.07, 6.45) is 2.41. The van der Waals surface area contributed by atoms with Gasteiger partial charge in [0.25, 0.3) is 5.22 Å². The standard InChI is InChI=1S/C12H22N2OS/c1-9(2)13-7-5-6-8-16-12-14-10(3)11(4)15-12/h9,13H,5-8H2,1-4H3. The minimum absolute atomic E-state index is 0.588. The lowest BCUT2D eigenvalue weighted by molar-refractivity contribution is 0.431. The van der Waals surface area contributed by atoms with Gasteiger partial charge in [-0.3, -0.25) is 0 Å². The van der Waals surface area contributed by atoms with Crippen LogP contribution in [0.4, 0.5) is 0 Å². The lowest BCUT2D eigenvalue weighted by Gasteiger charge is -2.06. The van der Waals surface area contributed by atoms with E-state index in [1.54, 1.807) is 11.8 Å². The van der Waals surface area contributed by atoms with Gasteiger partial charge in [-0.2, -0.15) is 0 Å². The number of hydrogen-bond acceptors (Lipinski definition) is 4. The number of aryl methyl sites for hydroxylation is 2. The summed E-state index contributed by atoms with van der Waals surface area (Å²) < 4.78 is 5.50. The summed E-state index contributed by atoms with van der Waals surface area (Å²) in [6.45, 7) is 9.39. The second kappa shape index (κ2) is 6.97. The highest BCUT2D eigenvalue weighted by Gasteiger charge is 2.05. The van der Waals surface area contributed by atoms with Crippen LogP contribution >= 0.6 is 11.8 Å². The van der Waals surface area contributed by atoms with E-state index in [1.165, 1.54) is 12.8 Å². The molecule has 0 atom stereocenters. The first-order valence-electron chi connectivity index (χ1n) is 5.90. The van der Waals surface area contributed by atoms with Crippen LogP contribution in [-0.2, 0) is 0 Å². The maximum Gasteiger partial charge on any atom is 0.256 e. The van der Waals surface area contributed by atoms with Crippen LogP contribution in [0.1, 0.15) is 38.1 Å². The van der Waals surface area contributed by atoms with E-state index in [4.69, 9.17) is 4.42 Å². The van der Waals surface area contributed by atoms with Gasteiger partial charge in [-0.15, -0.1) is 0 Å². The quantitative estimate of drug-likeness (QED) is 0.589. The smallest absolute Gasteiger partial charge is 0.256 e. The van der Waals surface area contributed by atoms with E-state index in [1.807, 2.05) is 13.8 Å². The SMILES string of the molecule is Cc1nc(SCCCCNC(C)C)oc1C. The lowest BCUT2D eigenvalue weighted by Crippen LogP contribution is -2.23. The molecule has 3 nitrogen and oxygen atoms in total. The van der Waals surface area contributed by atoms with E-state index >= 15 is 0 Å². The number of nitrogens with zero attached hydrogens (tertiary/aromatic N) is 1. The summed E-state index contributed by atoms with van der Waals surface area (Å²) in [5.41, 5.74) is 1.00. The fourth-order valence-electron chi connectivity index (χ4n) is 1.28. The Labute approximate surface area is 102 Å². The molecule has 1 N–H and O–H groups in total. The highest BCUT2D eigenvalue weighted by Crippen LogP contribution is 2.20. The van der Waals surface area contributed by atoms with E-state index in [-0.39, 0.29) is 0 Å². The molecule has 0 aromatic carbocycles. The highest BCUT2D eigenvalue weighted by molar-refractivity contribution is 7.99. The summed E-state index contributed by atoms with van der Waals surface area (Å²) >= 11 is 1.71. The zero-order chi connectivity index (χ0) is 12.0. The van der Waals surface area contributed by atoms with Gasteiger partial charge in [-0.05, 0) is 33.2 Å². The molecule has 0 bridgehead atoms. The van der Waals surface area contributed by atoms with Crippen LogP contribution in [0.3, 0.4) is 0 Å². The van der Waals surface area contributed by atoms with Gasteiger partial charge < -0.3 is 9.73 Å². The number of nitrogens with one attached hydrogen (secondary N) is 1. The molecule has 1 heterocycles. The maximum absolute atomic E-state index is 5.50. The summed E-state index contributed by atoms with van der Waals surface area (Å²) in [4.78, 5) is 4.34. The van der Waals surface area contributed by atoms with Crippen molar-refractivity contribution in [2.75, 3.05) is 12.3 Å². The third-order valence-corrected chi connectivity index (χ3v) is 3.27. The molecule has 0 fully saturated rings. The zero-order valence-corrected chi connectivity index (χ0v) is 11.5. The molecule has 0 aliphatic carbocycles. The zero-order valence-electron chi connectivity index (χ0n) is 10.7. The average Bonchev–Trinajstić information content (AvgIpc) is 2.52. The van der Waals surface area contributed by atoms with Crippen molar-refractivity contribution in [2.45, 2.75) is 51.8 Å². The molecule has 1 aromatic rings. The Balaban J connectivity index is 2.07. The van der Waals surface area contributed by atoms with E-state index in [0.717, 1.165) is 29.0 Å². The molecule has 92 valence electrons. The van der Waals surface area contributed by atoms with Crippen molar-refractivity contribution in [3.63, 3.8) is 0 Å². The Morgan fingerprint density at radius 3 is 2.62 bits per heavy atom. The molecule has 0 aliphatic heterocycles. The van der Waals surface area contributed by atoms with Crippen molar-refractivity contribution in [1.82, 2.24) is 10.3 Å². The first kappa shape index (κ1) is 13.6. The van der Waals surface area contributed by atoms with Crippen LogP contribution in [0, 0.1) is 13.8 Å². The molecule has 0 aliphatic rings. The second-order valence-corrected chi connectivity index (χ2v) is 5.33. The predicted octanol–water partition coefficient (Wildman–Crippen LogP) is 3.16. The Morgan fingerprint density at radius 1 is 1.31 bits per heavy atom. The summed E-state index contributed by atoms with van der Waals surface area (Å²) in [5, 5.41) is 4.22. The third kappa shape index (κ3) is 5.03. The minimum atomic E-state index is 0.588. The van der Waals surface area contributed by atoms with Crippen molar-refractivity contribution in [3.05, 3.63) is 11.5 Å². The van der Waals surface area contributed by atoms with Crippen LogP contribution in [-0.4, -0.2) is 23.3 Å². The molecular weight excluding hydrogens is 220 g/mol. The summed E-state index contributed by atoms with van der Waals surface area (Å²) in [6, 6.07) is 0.588. The minimum Gasteiger partial charge on any atom is -0.437 e. The molecule has 1 rings (SSSR count). The Bertz CT molecular complexity index is 290. The van der Waals surface area contributed by atoms with Crippen molar-refractivity contribution in [3.8, 4) is 0 Å². The molecule has 0 saturated carbocycles. The number of hydrogen-bond donors (Lipinski definition) is 1. The van der Waals surface area contributed by atoms with Gasteiger partial charge in [0.15, 0.2) is 0 Å². The van der Waals surface area contributed by atoms with Gasteiger partial charge >= 0.3 is 0 Å². The Morgan fingerprint density at radius 2 is 2.06 bits per heavy atom. The second-order valence-electron chi connectivity index (χ2n) is 4.29. The topological polar surface area (TPSA) is 38.1 Å². The van der Waals surface area contributed by atoms with Gasteiger partial charge in [0.1, 0.15) is 5.76 Å². The van der Waals surface area contributed by atoms with Crippen LogP contribution in [0.5, 0.6) is 0 Å². The number of oxazole rings is 1. The van der Waals surface area contributed by atoms with Gasteiger partial charge in [0.2, 0.25) is 0 Å². The van der Waals surface area contributed by atoms with Crippen molar-refractivity contribution in [2.24, 2.45) is 0 Å². The predicted molar refractivity (Wildman–Crippen MR) is 69.1 cm³/mol. The Kier molecular flexibility index (Phi) is 5.91. The number of unbranched alkanes of at least 4 members (excludes halogenated alkanes) is 1. The van der Waals surface area contributed by atoms with Crippen LogP contribution in [0.2, 0.25) is 0 Å². The molecule has 16 heavy (non-hydrogen) atoms. The lowest BCUT2D eigenvalue weighted by atomic mass is 10.3. The summed E-state index contributed by atoms with van der Waals surface area (Å²) in [5.74, 6) is 2.02. The molecule has 1 aromatic heterocycles. The van der Waals surface area contributed by atoms with E-state index < -0.39 is 0 Å². The number of aromatic nitrogens is 1. The van der Waals surface area contributed by atoms with Crippen LogP contribution in [0.15, 0.2) is 9.64 Å². The van der Waals surface area contributed by atoms with Gasteiger partial charge in [-0.25, -0.2) is 4.98 Å². The van der Waals surface area contributed by atoms with Crippen molar-refractivity contribution in [1.29, 1.82) is 0 Å². The van der Waals surface area contributed by atoms with Crippen molar-refractivity contribution < 1.29 is 4.42 Å². The van der Waals surface area contributed by atoms with Gasteiger partial charge in [-0.1, -0.05) is 25.6 Å². The van der Waals surface area contributed by atoms with E-state index in [9.17, 15) is 0 Å². The fourth-order valence-corrected chi connectivity index (χ4v) is 2.19. The van der Waals surface area contributed by atoms with Crippen molar-refractivity contribution >= 4 is 11.8 Å². The largest absolute Gasteiger partial charge is 0.437 e. The summed E-state index contributed by atoms with van der Waals surface area (Å²) in [7, 11) is 0. The normalized spacial score (nSPS) is 11.3. The highest BCUT2D eigenvalue weighted by atomic mass is 32.2.